The van der Waals surface area contributed by atoms with Gasteiger partial charge in [-0.1, -0.05) is 44.2 Å². The Morgan fingerprint density at radius 2 is 1.81 bits per heavy atom. The molecule has 0 saturated carbocycles. The number of hydrazine groups is 1. The first-order chi connectivity index (χ1) is 12.5. The van der Waals surface area contributed by atoms with E-state index in [4.69, 9.17) is 10.6 Å². The molecule has 0 aliphatic rings. The number of hydrogen-bond donors (Lipinski definition) is 2. The third-order valence-electron chi connectivity index (χ3n) is 4.27. The van der Waals surface area contributed by atoms with Gasteiger partial charge in [0.05, 0.1) is 11.1 Å². The van der Waals surface area contributed by atoms with E-state index in [2.05, 4.69) is 19.3 Å². The number of nitrogens with one attached hydrogen (secondary N) is 1. The first kappa shape index (κ1) is 17.7. The lowest BCUT2D eigenvalue weighted by Crippen LogP contribution is -2.29. The first-order valence-corrected chi connectivity index (χ1v) is 8.38. The van der Waals surface area contributed by atoms with Gasteiger partial charge in [-0.15, -0.1) is 0 Å². The van der Waals surface area contributed by atoms with Crippen LogP contribution in [0.1, 0.15) is 40.5 Å². The average Bonchev–Trinajstić information content (AvgIpc) is 3.05. The first-order valence-electron chi connectivity index (χ1n) is 8.38. The summed E-state index contributed by atoms with van der Waals surface area (Å²) in [4.78, 5) is 24.5. The predicted molar refractivity (Wildman–Crippen MR) is 100 cm³/mol. The molecular formula is C20H21N3O3. The van der Waals surface area contributed by atoms with E-state index >= 15 is 0 Å². The van der Waals surface area contributed by atoms with Gasteiger partial charge in [-0.2, -0.15) is 0 Å². The molecule has 0 bridgehead atoms. The van der Waals surface area contributed by atoms with Gasteiger partial charge in [0.15, 0.2) is 6.61 Å². The van der Waals surface area contributed by atoms with Gasteiger partial charge in [0.1, 0.15) is 5.75 Å². The van der Waals surface area contributed by atoms with Crippen LogP contribution in [-0.2, 0) is 0 Å². The Bertz CT molecular complexity index is 943. The molecule has 3 aromatic rings. The van der Waals surface area contributed by atoms with E-state index in [1.54, 1.807) is 18.2 Å². The van der Waals surface area contributed by atoms with Crippen LogP contribution >= 0.6 is 0 Å². The Balaban J connectivity index is 1.80. The molecule has 0 aliphatic carbocycles. The van der Waals surface area contributed by atoms with E-state index < -0.39 is 5.91 Å². The molecule has 0 saturated heterocycles. The lowest BCUT2D eigenvalue weighted by molar-refractivity contribution is 0.0843. The van der Waals surface area contributed by atoms with E-state index in [0.717, 1.165) is 0 Å². The highest BCUT2D eigenvalue weighted by Crippen LogP contribution is 2.22. The standard InChI is InChI=1S/C20H21N3O3/c1-13(2)14-7-9-15(10-8-14)26-12-19(24)23-11-17(20(25)22-21)16-5-3-4-6-18(16)23/h3-11,13H,12,21H2,1-2H3,(H,22,25). The van der Waals surface area contributed by atoms with Crippen LogP contribution < -0.4 is 16.0 Å². The van der Waals surface area contributed by atoms with E-state index in [1.165, 1.54) is 16.3 Å². The molecule has 0 fully saturated rings. The number of carbonyl (C=O) groups excluding carboxylic acids is 2. The smallest absolute Gasteiger partial charge is 0.269 e. The van der Waals surface area contributed by atoms with Gasteiger partial charge in [-0.25, -0.2) is 5.84 Å². The average molecular weight is 351 g/mol. The Labute approximate surface area is 151 Å². The summed E-state index contributed by atoms with van der Waals surface area (Å²) in [5.41, 5.74) is 4.29. The highest BCUT2D eigenvalue weighted by Gasteiger charge is 2.17. The maximum Gasteiger partial charge on any atom is 0.269 e. The number of aromatic nitrogens is 1. The van der Waals surface area contributed by atoms with Crippen molar-refractivity contribution >= 4 is 22.7 Å². The maximum absolute atomic E-state index is 12.6. The number of nitrogens with zero attached hydrogens (tertiary/aromatic N) is 1. The van der Waals surface area contributed by atoms with Crippen molar-refractivity contribution in [3.63, 3.8) is 0 Å². The van der Waals surface area contributed by atoms with Crippen LogP contribution in [0.5, 0.6) is 5.75 Å². The second-order valence-electron chi connectivity index (χ2n) is 6.31. The van der Waals surface area contributed by atoms with Crippen molar-refractivity contribution in [2.75, 3.05) is 6.61 Å². The molecule has 3 N–H and O–H groups in total. The van der Waals surface area contributed by atoms with Crippen LogP contribution in [0.4, 0.5) is 0 Å². The van der Waals surface area contributed by atoms with Gasteiger partial charge in [0, 0.05) is 11.6 Å². The molecule has 0 atom stereocenters. The Morgan fingerprint density at radius 3 is 2.46 bits per heavy atom. The number of para-hydroxylation sites is 1. The summed E-state index contributed by atoms with van der Waals surface area (Å²) in [6.07, 6.45) is 1.49. The third kappa shape index (κ3) is 3.45. The number of hydrogen-bond acceptors (Lipinski definition) is 4. The Hall–Kier alpha value is -3.12. The summed E-state index contributed by atoms with van der Waals surface area (Å²) < 4.78 is 7.03. The Kier molecular flexibility index (Phi) is 5.04. The highest BCUT2D eigenvalue weighted by molar-refractivity contribution is 6.09. The van der Waals surface area contributed by atoms with Crippen molar-refractivity contribution < 1.29 is 14.3 Å². The number of nitrogens with two attached hydrogens (primary N) is 1. The normalized spacial score (nSPS) is 10.9. The number of carbonyl (C=O) groups is 2. The summed E-state index contributed by atoms with van der Waals surface area (Å²) in [5.74, 6) is 5.57. The summed E-state index contributed by atoms with van der Waals surface area (Å²) in [5, 5.41) is 0.657. The number of ether oxygens (including phenoxy) is 1. The topological polar surface area (TPSA) is 86.3 Å². The quantitative estimate of drug-likeness (QED) is 0.420. The fourth-order valence-corrected chi connectivity index (χ4v) is 2.81. The van der Waals surface area contributed by atoms with Crippen LogP contribution in [0, 0.1) is 0 Å². The molecule has 134 valence electrons. The van der Waals surface area contributed by atoms with Crippen LogP contribution in [-0.4, -0.2) is 23.0 Å². The molecule has 1 heterocycles. The van der Waals surface area contributed by atoms with E-state index in [1.807, 2.05) is 30.3 Å². The molecule has 1 aromatic heterocycles. The Morgan fingerprint density at radius 1 is 1.12 bits per heavy atom. The van der Waals surface area contributed by atoms with Gasteiger partial charge >= 0.3 is 0 Å². The lowest BCUT2D eigenvalue weighted by Gasteiger charge is -2.09. The van der Waals surface area contributed by atoms with Crippen molar-refractivity contribution in [3.05, 3.63) is 65.9 Å². The predicted octanol–water partition coefficient (Wildman–Crippen LogP) is 3.09. The number of nitrogen functional groups attached to an aromatic ring is 1. The van der Waals surface area contributed by atoms with E-state index in [-0.39, 0.29) is 12.5 Å². The molecule has 0 spiro atoms. The van der Waals surface area contributed by atoms with Crippen LogP contribution in [0.15, 0.2) is 54.7 Å². The number of rotatable bonds is 5. The van der Waals surface area contributed by atoms with Gasteiger partial charge in [-0.3, -0.25) is 19.6 Å². The molecule has 26 heavy (non-hydrogen) atoms. The van der Waals surface area contributed by atoms with Gasteiger partial charge in [0.2, 0.25) is 0 Å². The van der Waals surface area contributed by atoms with Gasteiger partial charge in [0.25, 0.3) is 11.8 Å². The second-order valence-corrected chi connectivity index (χ2v) is 6.31. The molecule has 0 radical (unpaired) electrons. The lowest BCUT2D eigenvalue weighted by atomic mass is 10.0. The highest BCUT2D eigenvalue weighted by atomic mass is 16.5. The summed E-state index contributed by atoms with van der Waals surface area (Å²) in [6.45, 7) is 4.10. The maximum atomic E-state index is 12.6. The number of amides is 1. The minimum Gasteiger partial charge on any atom is -0.484 e. The van der Waals surface area contributed by atoms with Crippen molar-refractivity contribution in [3.8, 4) is 5.75 Å². The second kappa shape index (κ2) is 7.41. The van der Waals surface area contributed by atoms with Crippen LogP contribution in [0.25, 0.3) is 10.9 Å². The van der Waals surface area contributed by atoms with E-state index in [0.29, 0.717) is 28.1 Å². The zero-order chi connectivity index (χ0) is 18.7. The van der Waals surface area contributed by atoms with Gasteiger partial charge in [-0.05, 0) is 29.7 Å². The largest absolute Gasteiger partial charge is 0.484 e. The van der Waals surface area contributed by atoms with Crippen molar-refractivity contribution in [2.45, 2.75) is 19.8 Å². The zero-order valence-corrected chi connectivity index (χ0v) is 14.7. The number of benzene rings is 2. The molecule has 3 rings (SSSR count). The molecule has 0 aliphatic heterocycles. The fraction of sp³-hybridized carbons (Fsp3) is 0.200. The molecule has 1 amide bonds. The zero-order valence-electron chi connectivity index (χ0n) is 14.7. The molecule has 6 nitrogen and oxygen atoms in total. The fourth-order valence-electron chi connectivity index (χ4n) is 2.81. The molecule has 0 unspecified atom stereocenters. The van der Waals surface area contributed by atoms with Crippen LogP contribution in [0.2, 0.25) is 0 Å². The monoisotopic (exact) mass is 351 g/mol. The van der Waals surface area contributed by atoms with E-state index in [9.17, 15) is 9.59 Å². The summed E-state index contributed by atoms with van der Waals surface area (Å²) in [6, 6.07) is 14.8. The minimum absolute atomic E-state index is 0.136. The summed E-state index contributed by atoms with van der Waals surface area (Å²) in [7, 11) is 0. The van der Waals surface area contributed by atoms with Crippen molar-refractivity contribution in [1.82, 2.24) is 9.99 Å². The molecule has 2 aromatic carbocycles. The third-order valence-corrected chi connectivity index (χ3v) is 4.27. The van der Waals surface area contributed by atoms with Crippen molar-refractivity contribution in [1.29, 1.82) is 0 Å². The SMILES string of the molecule is CC(C)c1ccc(OCC(=O)n2cc(C(=O)NN)c3ccccc32)cc1. The summed E-state index contributed by atoms with van der Waals surface area (Å²) >= 11 is 0. The molecular weight excluding hydrogens is 330 g/mol. The number of fused-ring (bicyclic) bond motifs is 1. The van der Waals surface area contributed by atoms with Crippen molar-refractivity contribution in [2.24, 2.45) is 5.84 Å². The minimum atomic E-state index is -0.446. The molecule has 6 heteroatoms. The van der Waals surface area contributed by atoms with Gasteiger partial charge < -0.3 is 4.74 Å². The van der Waals surface area contributed by atoms with Crippen LogP contribution in [0.3, 0.4) is 0 Å².